The SMILES string of the molecule is Cc1cc2c(cc1Cl)OC1(CCN(C(=O)c3cccc4cn[nH]c34)CC1)CC2=O. The van der Waals surface area contributed by atoms with Crippen LogP contribution in [0.15, 0.2) is 36.5 Å². The number of likely N-dealkylation sites (tertiary alicyclic amines) is 1. The maximum atomic E-state index is 13.1. The van der Waals surface area contributed by atoms with Crippen LogP contribution in [0.1, 0.15) is 45.5 Å². The van der Waals surface area contributed by atoms with Crippen LogP contribution in [0.25, 0.3) is 10.9 Å². The summed E-state index contributed by atoms with van der Waals surface area (Å²) < 4.78 is 6.30. The Morgan fingerprint density at radius 3 is 2.86 bits per heavy atom. The Hall–Kier alpha value is -2.86. The van der Waals surface area contributed by atoms with E-state index in [-0.39, 0.29) is 11.7 Å². The molecule has 3 heterocycles. The number of H-pyrrole nitrogens is 1. The van der Waals surface area contributed by atoms with E-state index in [1.165, 1.54) is 0 Å². The molecule has 1 fully saturated rings. The summed E-state index contributed by atoms with van der Waals surface area (Å²) in [7, 11) is 0. The van der Waals surface area contributed by atoms with E-state index < -0.39 is 5.60 Å². The highest BCUT2D eigenvalue weighted by Crippen LogP contribution is 2.41. The predicted octanol–water partition coefficient (Wildman–Crippen LogP) is 4.16. The first-order chi connectivity index (χ1) is 14.0. The van der Waals surface area contributed by atoms with E-state index in [0.29, 0.717) is 54.3 Å². The number of rotatable bonds is 1. The zero-order valence-electron chi connectivity index (χ0n) is 16.0. The van der Waals surface area contributed by atoms with Gasteiger partial charge < -0.3 is 9.64 Å². The topological polar surface area (TPSA) is 75.3 Å². The van der Waals surface area contributed by atoms with Crippen molar-refractivity contribution in [2.45, 2.75) is 31.8 Å². The standard InChI is InChI=1S/C22H20ClN3O3/c1-13-9-16-18(27)11-22(29-19(16)10-17(13)23)5-7-26(8-6-22)21(28)15-4-2-3-14-12-24-25-20(14)15/h2-4,9-10,12H,5-8,11H2,1H3,(H,24,25). The zero-order chi connectivity index (χ0) is 20.2. The molecule has 3 aromatic rings. The fraction of sp³-hybridized carbons (Fsp3) is 0.318. The van der Waals surface area contributed by atoms with Gasteiger partial charge in [-0.2, -0.15) is 5.10 Å². The number of nitrogens with one attached hydrogen (secondary N) is 1. The third-order valence-corrected chi connectivity index (χ3v) is 6.45. The number of hydrogen-bond donors (Lipinski definition) is 1. The number of hydrogen-bond acceptors (Lipinski definition) is 4. The lowest BCUT2D eigenvalue weighted by molar-refractivity contribution is -0.00566. The number of halogens is 1. The molecule has 2 aliphatic heterocycles. The molecule has 5 rings (SSSR count). The van der Waals surface area contributed by atoms with Crippen LogP contribution in [0.5, 0.6) is 5.75 Å². The molecule has 1 aromatic heterocycles. The molecule has 1 N–H and O–H groups in total. The Morgan fingerprint density at radius 2 is 2.07 bits per heavy atom. The Morgan fingerprint density at radius 1 is 1.28 bits per heavy atom. The number of piperidine rings is 1. The van der Waals surface area contributed by atoms with E-state index in [4.69, 9.17) is 16.3 Å². The number of Topliss-reactive ketones (excluding diaryl/α,β-unsaturated/α-hetero) is 1. The van der Waals surface area contributed by atoms with Crippen LogP contribution >= 0.6 is 11.6 Å². The molecule has 1 amide bonds. The summed E-state index contributed by atoms with van der Waals surface area (Å²) in [6.07, 6.45) is 3.26. The molecule has 2 aliphatic rings. The van der Waals surface area contributed by atoms with Crippen LogP contribution in [-0.2, 0) is 0 Å². The summed E-state index contributed by atoms with van der Waals surface area (Å²) >= 11 is 6.24. The normalized spacial score (nSPS) is 18.0. The molecule has 6 nitrogen and oxygen atoms in total. The molecule has 0 aliphatic carbocycles. The van der Waals surface area contributed by atoms with Crippen molar-refractivity contribution in [1.82, 2.24) is 15.1 Å². The van der Waals surface area contributed by atoms with Gasteiger partial charge in [0.1, 0.15) is 11.4 Å². The molecular weight excluding hydrogens is 390 g/mol. The third kappa shape index (κ3) is 2.99. The largest absolute Gasteiger partial charge is 0.486 e. The summed E-state index contributed by atoms with van der Waals surface area (Å²) in [5.74, 6) is 0.600. The minimum atomic E-state index is -0.570. The van der Waals surface area contributed by atoms with Gasteiger partial charge in [-0.05, 0) is 30.7 Å². The zero-order valence-corrected chi connectivity index (χ0v) is 16.8. The number of aromatic nitrogens is 2. The van der Waals surface area contributed by atoms with Crippen molar-refractivity contribution in [3.05, 3.63) is 58.2 Å². The van der Waals surface area contributed by atoms with Gasteiger partial charge in [0.05, 0.1) is 29.3 Å². The molecule has 0 radical (unpaired) electrons. The Bertz CT molecular complexity index is 1150. The number of amides is 1. The Labute approximate surface area is 172 Å². The van der Waals surface area contributed by atoms with Gasteiger partial charge in [0.15, 0.2) is 5.78 Å². The molecule has 2 aromatic carbocycles. The lowest BCUT2D eigenvalue weighted by Crippen LogP contribution is -2.52. The average molecular weight is 410 g/mol. The fourth-order valence-corrected chi connectivity index (χ4v) is 4.49. The lowest BCUT2D eigenvalue weighted by Gasteiger charge is -2.44. The highest BCUT2D eigenvalue weighted by atomic mass is 35.5. The van der Waals surface area contributed by atoms with Gasteiger partial charge in [-0.15, -0.1) is 0 Å². The van der Waals surface area contributed by atoms with E-state index in [1.807, 2.05) is 30.0 Å². The van der Waals surface area contributed by atoms with Crippen molar-refractivity contribution in [3.8, 4) is 5.75 Å². The van der Waals surface area contributed by atoms with Gasteiger partial charge in [0, 0.05) is 36.3 Å². The second kappa shape index (κ2) is 6.59. The number of aromatic amines is 1. The van der Waals surface area contributed by atoms with E-state index in [2.05, 4.69) is 10.2 Å². The molecule has 7 heteroatoms. The van der Waals surface area contributed by atoms with E-state index in [0.717, 1.165) is 16.5 Å². The highest BCUT2D eigenvalue weighted by Gasteiger charge is 2.44. The van der Waals surface area contributed by atoms with E-state index in [1.54, 1.807) is 18.3 Å². The molecule has 1 saturated heterocycles. The van der Waals surface area contributed by atoms with E-state index in [9.17, 15) is 9.59 Å². The number of aryl methyl sites for hydroxylation is 1. The molecular formula is C22H20ClN3O3. The van der Waals surface area contributed by atoms with Gasteiger partial charge in [-0.1, -0.05) is 23.7 Å². The number of carbonyl (C=O) groups is 2. The minimum Gasteiger partial charge on any atom is -0.486 e. The van der Waals surface area contributed by atoms with Crippen molar-refractivity contribution in [1.29, 1.82) is 0 Å². The first kappa shape index (κ1) is 18.2. The predicted molar refractivity (Wildman–Crippen MR) is 110 cm³/mol. The summed E-state index contributed by atoms with van der Waals surface area (Å²) in [5, 5.41) is 8.45. The smallest absolute Gasteiger partial charge is 0.256 e. The summed E-state index contributed by atoms with van der Waals surface area (Å²) in [6, 6.07) is 9.14. The molecule has 1 spiro atoms. The number of benzene rings is 2. The Balaban J connectivity index is 1.36. The van der Waals surface area contributed by atoms with Crippen molar-refractivity contribution < 1.29 is 14.3 Å². The quantitative estimate of drug-likeness (QED) is 0.654. The Kier molecular flexibility index (Phi) is 4.13. The van der Waals surface area contributed by atoms with Gasteiger partial charge in [0.2, 0.25) is 0 Å². The van der Waals surface area contributed by atoms with Crippen LogP contribution in [0, 0.1) is 6.92 Å². The minimum absolute atomic E-state index is 0.0316. The van der Waals surface area contributed by atoms with Gasteiger partial charge >= 0.3 is 0 Å². The first-order valence-electron chi connectivity index (χ1n) is 9.69. The maximum absolute atomic E-state index is 13.1. The number of para-hydroxylation sites is 1. The summed E-state index contributed by atoms with van der Waals surface area (Å²) in [4.78, 5) is 27.7. The second-order valence-electron chi connectivity index (χ2n) is 7.91. The number of ketones is 1. The molecule has 0 unspecified atom stereocenters. The van der Waals surface area contributed by atoms with Crippen molar-refractivity contribution >= 4 is 34.2 Å². The number of fused-ring (bicyclic) bond motifs is 2. The van der Waals surface area contributed by atoms with Crippen molar-refractivity contribution in [3.63, 3.8) is 0 Å². The average Bonchev–Trinajstić information content (AvgIpc) is 3.19. The maximum Gasteiger partial charge on any atom is 0.256 e. The van der Waals surface area contributed by atoms with Crippen molar-refractivity contribution in [2.75, 3.05) is 13.1 Å². The third-order valence-electron chi connectivity index (χ3n) is 6.04. The lowest BCUT2D eigenvalue weighted by atomic mass is 9.82. The summed E-state index contributed by atoms with van der Waals surface area (Å²) in [5.41, 5.74) is 2.26. The van der Waals surface area contributed by atoms with Gasteiger partial charge in [-0.25, -0.2) is 0 Å². The van der Waals surface area contributed by atoms with E-state index >= 15 is 0 Å². The number of carbonyl (C=O) groups excluding carboxylic acids is 2. The molecule has 148 valence electrons. The molecule has 0 atom stereocenters. The fourth-order valence-electron chi connectivity index (χ4n) is 4.34. The monoisotopic (exact) mass is 409 g/mol. The molecule has 0 saturated carbocycles. The van der Waals surface area contributed by atoms with Crippen LogP contribution < -0.4 is 4.74 Å². The van der Waals surface area contributed by atoms with Gasteiger partial charge in [-0.3, -0.25) is 14.7 Å². The molecule has 29 heavy (non-hydrogen) atoms. The van der Waals surface area contributed by atoms with Crippen LogP contribution in [0.4, 0.5) is 0 Å². The number of nitrogens with zero attached hydrogens (tertiary/aromatic N) is 2. The second-order valence-corrected chi connectivity index (χ2v) is 8.32. The molecule has 0 bridgehead atoms. The first-order valence-corrected chi connectivity index (χ1v) is 10.1. The van der Waals surface area contributed by atoms with Crippen LogP contribution in [0.2, 0.25) is 5.02 Å². The van der Waals surface area contributed by atoms with Crippen LogP contribution in [-0.4, -0.2) is 45.5 Å². The van der Waals surface area contributed by atoms with Crippen molar-refractivity contribution in [2.24, 2.45) is 0 Å². The summed E-state index contributed by atoms with van der Waals surface area (Å²) in [6.45, 7) is 2.95. The number of ether oxygens (including phenoxy) is 1. The van der Waals surface area contributed by atoms with Gasteiger partial charge in [0.25, 0.3) is 5.91 Å². The highest BCUT2D eigenvalue weighted by molar-refractivity contribution is 6.31. The van der Waals surface area contributed by atoms with Crippen LogP contribution in [0.3, 0.4) is 0 Å².